The van der Waals surface area contributed by atoms with Crippen molar-refractivity contribution in [2.75, 3.05) is 25.6 Å². The molecular weight excluding hydrogens is 329 g/mol. The molecule has 6 nitrogen and oxygen atoms in total. The third-order valence-corrected chi connectivity index (χ3v) is 3.23. The van der Waals surface area contributed by atoms with E-state index in [4.69, 9.17) is 14.2 Å². The number of amides is 1. The molecule has 0 heterocycles. The van der Waals surface area contributed by atoms with E-state index in [1.165, 1.54) is 19.2 Å². The van der Waals surface area contributed by atoms with Crippen molar-refractivity contribution >= 4 is 17.6 Å². The lowest BCUT2D eigenvalue weighted by Gasteiger charge is -2.10. The Morgan fingerprint density at radius 1 is 1.08 bits per heavy atom. The lowest BCUT2D eigenvalue weighted by Crippen LogP contribution is -2.23. The summed E-state index contributed by atoms with van der Waals surface area (Å²) in [6.07, 6.45) is 0. The van der Waals surface area contributed by atoms with Gasteiger partial charge in [0.05, 0.1) is 7.11 Å². The monoisotopic (exact) mass is 347 g/mol. The fraction of sp³-hybridized carbons (Fsp3) is 0.222. The van der Waals surface area contributed by atoms with Crippen LogP contribution in [0.2, 0.25) is 0 Å². The summed E-state index contributed by atoms with van der Waals surface area (Å²) < 4.78 is 28.6. The minimum atomic E-state index is -0.712. The molecule has 0 atom stereocenters. The number of carbonyl (C=O) groups is 2. The number of carbonyl (C=O) groups excluding carboxylic acids is 2. The fourth-order valence-corrected chi connectivity index (χ4v) is 1.93. The van der Waals surface area contributed by atoms with Gasteiger partial charge in [-0.2, -0.15) is 0 Å². The maximum Gasteiger partial charge on any atom is 0.344 e. The molecule has 0 unspecified atom stereocenters. The minimum Gasteiger partial charge on any atom is -0.493 e. The zero-order valence-electron chi connectivity index (χ0n) is 13.9. The highest BCUT2D eigenvalue weighted by Gasteiger charge is 2.11. The van der Waals surface area contributed by atoms with Gasteiger partial charge in [-0.15, -0.1) is 0 Å². The second-order valence-electron chi connectivity index (χ2n) is 5.11. The summed E-state index contributed by atoms with van der Waals surface area (Å²) in [6, 6.07) is 11.1. The summed E-state index contributed by atoms with van der Waals surface area (Å²) in [5.41, 5.74) is 0.757. The van der Waals surface area contributed by atoms with E-state index in [9.17, 15) is 14.0 Å². The molecule has 0 aliphatic heterocycles. The second-order valence-corrected chi connectivity index (χ2v) is 5.11. The quantitative estimate of drug-likeness (QED) is 0.780. The molecule has 0 saturated carbocycles. The highest BCUT2D eigenvalue weighted by molar-refractivity contribution is 5.92. The van der Waals surface area contributed by atoms with Gasteiger partial charge in [-0.1, -0.05) is 18.2 Å². The Kier molecular flexibility index (Phi) is 6.33. The van der Waals surface area contributed by atoms with Crippen molar-refractivity contribution in [1.82, 2.24) is 0 Å². The molecule has 0 aromatic heterocycles. The van der Waals surface area contributed by atoms with Gasteiger partial charge in [-0.05, 0) is 36.8 Å². The van der Waals surface area contributed by atoms with Crippen LogP contribution < -0.4 is 14.8 Å². The number of nitrogens with one attached hydrogen (secondary N) is 1. The Morgan fingerprint density at radius 3 is 2.48 bits per heavy atom. The molecule has 0 radical (unpaired) electrons. The Hall–Kier alpha value is -3.09. The number of esters is 1. The van der Waals surface area contributed by atoms with Gasteiger partial charge in [-0.3, -0.25) is 4.79 Å². The molecule has 2 rings (SSSR count). The van der Waals surface area contributed by atoms with Gasteiger partial charge in [0.1, 0.15) is 5.82 Å². The lowest BCUT2D eigenvalue weighted by atomic mass is 10.2. The molecule has 2 aromatic rings. The number of halogens is 1. The summed E-state index contributed by atoms with van der Waals surface area (Å²) >= 11 is 0. The number of anilines is 1. The van der Waals surface area contributed by atoms with Crippen molar-refractivity contribution < 1.29 is 28.2 Å². The van der Waals surface area contributed by atoms with Crippen molar-refractivity contribution in [3.05, 3.63) is 53.8 Å². The van der Waals surface area contributed by atoms with Crippen molar-refractivity contribution in [3.8, 4) is 11.5 Å². The van der Waals surface area contributed by atoms with Crippen molar-refractivity contribution in [1.29, 1.82) is 0 Å². The van der Waals surface area contributed by atoms with E-state index < -0.39 is 24.3 Å². The number of rotatable bonds is 7. The number of methoxy groups -OCH3 is 1. The number of para-hydroxylation sites is 2. The highest BCUT2D eigenvalue weighted by Crippen LogP contribution is 2.25. The van der Waals surface area contributed by atoms with Crippen molar-refractivity contribution in [3.63, 3.8) is 0 Å². The van der Waals surface area contributed by atoms with E-state index in [0.29, 0.717) is 17.1 Å². The molecule has 1 amide bonds. The summed E-state index contributed by atoms with van der Waals surface area (Å²) in [4.78, 5) is 23.4. The largest absolute Gasteiger partial charge is 0.493 e. The topological polar surface area (TPSA) is 73.9 Å². The van der Waals surface area contributed by atoms with Crippen LogP contribution >= 0.6 is 0 Å². The summed E-state index contributed by atoms with van der Waals surface area (Å²) in [5.74, 6) is -0.846. The van der Waals surface area contributed by atoms with Crippen molar-refractivity contribution in [2.24, 2.45) is 0 Å². The average Bonchev–Trinajstić information content (AvgIpc) is 2.61. The zero-order valence-corrected chi connectivity index (χ0v) is 13.9. The molecule has 0 bridgehead atoms. The fourth-order valence-electron chi connectivity index (χ4n) is 1.93. The van der Waals surface area contributed by atoms with E-state index >= 15 is 0 Å². The van der Waals surface area contributed by atoms with Crippen LogP contribution in [0.3, 0.4) is 0 Å². The number of benzene rings is 2. The van der Waals surface area contributed by atoms with Crippen LogP contribution in [-0.2, 0) is 14.3 Å². The predicted octanol–water partition coefficient (Wildman–Crippen LogP) is 2.70. The zero-order chi connectivity index (χ0) is 18.2. The molecule has 2 aromatic carbocycles. The third-order valence-electron chi connectivity index (χ3n) is 3.23. The van der Waals surface area contributed by atoms with Crippen LogP contribution in [0.25, 0.3) is 0 Å². The molecule has 0 aliphatic carbocycles. The number of hydrogen-bond acceptors (Lipinski definition) is 5. The molecule has 25 heavy (non-hydrogen) atoms. The standard InChI is InChI=1S/C18H18FNO5/c1-12-7-8-13(9-14(12)19)20-17(21)10-25-18(22)11-24-16-6-4-3-5-15(16)23-2/h3-9H,10-11H2,1-2H3,(H,20,21). The molecule has 132 valence electrons. The van der Waals surface area contributed by atoms with Crippen LogP contribution in [0.1, 0.15) is 5.56 Å². The maximum atomic E-state index is 13.4. The van der Waals surface area contributed by atoms with Gasteiger partial charge < -0.3 is 19.5 Å². The molecule has 0 saturated heterocycles. The average molecular weight is 347 g/mol. The van der Waals surface area contributed by atoms with Gasteiger partial charge in [0.25, 0.3) is 5.91 Å². The predicted molar refractivity (Wildman–Crippen MR) is 89.2 cm³/mol. The van der Waals surface area contributed by atoms with Gasteiger partial charge >= 0.3 is 5.97 Å². The van der Waals surface area contributed by atoms with E-state index in [2.05, 4.69) is 5.32 Å². The first-order valence-electron chi connectivity index (χ1n) is 7.47. The van der Waals surface area contributed by atoms with E-state index in [1.54, 1.807) is 37.3 Å². The first-order valence-corrected chi connectivity index (χ1v) is 7.47. The first kappa shape index (κ1) is 18.3. The smallest absolute Gasteiger partial charge is 0.344 e. The Labute approximate surface area is 144 Å². The normalized spacial score (nSPS) is 10.0. The minimum absolute atomic E-state index is 0.287. The molecule has 0 fully saturated rings. The SMILES string of the molecule is COc1ccccc1OCC(=O)OCC(=O)Nc1ccc(C)c(F)c1. The van der Waals surface area contributed by atoms with Gasteiger partial charge in [0.2, 0.25) is 0 Å². The van der Waals surface area contributed by atoms with E-state index in [0.717, 1.165) is 0 Å². The maximum absolute atomic E-state index is 13.4. The summed E-state index contributed by atoms with van der Waals surface area (Å²) in [6.45, 7) is 0.751. The second kappa shape index (κ2) is 8.68. The number of hydrogen-bond donors (Lipinski definition) is 1. The molecule has 0 spiro atoms. The molecule has 1 N–H and O–H groups in total. The molecule has 0 aliphatic rings. The van der Waals surface area contributed by atoms with E-state index in [-0.39, 0.29) is 12.3 Å². The molecular formula is C18H18FNO5. The third kappa shape index (κ3) is 5.49. The van der Waals surface area contributed by atoms with Crippen LogP contribution in [0.15, 0.2) is 42.5 Å². The van der Waals surface area contributed by atoms with Crippen molar-refractivity contribution in [2.45, 2.75) is 6.92 Å². The number of ether oxygens (including phenoxy) is 3. The Bertz CT molecular complexity index is 763. The Morgan fingerprint density at radius 2 is 1.80 bits per heavy atom. The Balaban J connectivity index is 1.77. The van der Waals surface area contributed by atoms with Gasteiger partial charge in [0.15, 0.2) is 24.7 Å². The lowest BCUT2D eigenvalue weighted by molar-refractivity contribution is -0.149. The van der Waals surface area contributed by atoms with Crippen LogP contribution in [-0.4, -0.2) is 32.2 Å². The van der Waals surface area contributed by atoms with Crippen LogP contribution in [0, 0.1) is 12.7 Å². The summed E-state index contributed by atoms with van der Waals surface area (Å²) in [7, 11) is 1.48. The van der Waals surface area contributed by atoms with Crippen LogP contribution in [0.4, 0.5) is 10.1 Å². The first-order chi connectivity index (χ1) is 12.0. The molecule has 7 heteroatoms. The van der Waals surface area contributed by atoms with Crippen LogP contribution in [0.5, 0.6) is 11.5 Å². The summed E-state index contributed by atoms with van der Waals surface area (Å²) in [5, 5.41) is 2.44. The van der Waals surface area contributed by atoms with Gasteiger partial charge in [0, 0.05) is 5.69 Å². The van der Waals surface area contributed by atoms with Gasteiger partial charge in [-0.25, -0.2) is 9.18 Å². The van der Waals surface area contributed by atoms with E-state index in [1.807, 2.05) is 0 Å². The highest BCUT2D eigenvalue weighted by atomic mass is 19.1. The number of aryl methyl sites for hydroxylation is 1.